The number of para-hydroxylation sites is 1. The van der Waals surface area contributed by atoms with Gasteiger partial charge >= 0.3 is 0 Å². The van der Waals surface area contributed by atoms with Crippen LogP contribution in [0.25, 0.3) is 11.1 Å². The number of nitrogens with two attached hydrogens (primary N) is 1. The molecule has 0 aliphatic rings. The molecule has 26 heavy (non-hydrogen) atoms. The van der Waals surface area contributed by atoms with Crippen LogP contribution in [0, 0.1) is 0 Å². The molecule has 3 aromatic rings. The number of hydrogen-bond acceptors (Lipinski definition) is 5. The number of thioether (sulfide) groups is 1. The fourth-order valence-corrected chi connectivity index (χ4v) is 5.61. The summed E-state index contributed by atoms with van der Waals surface area (Å²) in [5.41, 5.74) is 7.71. The van der Waals surface area contributed by atoms with Gasteiger partial charge in [-0.05, 0) is 36.9 Å². The second-order valence-electron chi connectivity index (χ2n) is 5.52. The van der Waals surface area contributed by atoms with Crippen molar-refractivity contribution in [2.75, 3.05) is 12.9 Å². The van der Waals surface area contributed by atoms with Gasteiger partial charge in [0.15, 0.2) is 4.90 Å². The molecule has 0 radical (unpaired) electrons. The van der Waals surface area contributed by atoms with Gasteiger partial charge in [0.05, 0.1) is 6.61 Å². The quantitative estimate of drug-likeness (QED) is 0.437. The van der Waals surface area contributed by atoms with Gasteiger partial charge in [0, 0.05) is 51.3 Å². The minimum absolute atomic E-state index is 0.472. The second kappa shape index (κ2) is 8.97. The first kappa shape index (κ1) is 19.3. The Bertz CT molecular complexity index is 879. The van der Waals surface area contributed by atoms with Gasteiger partial charge < -0.3 is 15.0 Å². The van der Waals surface area contributed by atoms with Gasteiger partial charge in [-0.25, -0.2) is 0 Å². The van der Waals surface area contributed by atoms with E-state index in [0.29, 0.717) is 13.2 Å². The minimum atomic E-state index is -1.23. The Morgan fingerprint density at radius 2 is 1.96 bits per heavy atom. The van der Waals surface area contributed by atoms with Crippen molar-refractivity contribution in [3.05, 3.63) is 59.5 Å². The standard InChI is InChI=1S/C20H21NO2S3/c1-3-23-19-7-5-4-6-18(19)14-10-16(24-2)12-17(11-14)26(22)20-9-8-15(13-21)25-20/h4-12H,3,13,21H2,1-2H3. The number of ether oxygens (including phenoxy) is 1. The van der Waals surface area contributed by atoms with Gasteiger partial charge in [0.1, 0.15) is 5.75 Å². The van der Waals surface area contributed by atoms with Gasteiger partial charge in [-0.15, -0.1) is 11.8 Å². The van der Waals surface area contributed by atoms with Crippen molar-refractivity contribution in [1.82, 2.24) is 0 Å². The lowest BCUT2D eigenvalue weighted by Gasteiger charge is -2.14. The van der Waals surface area contributed by atoms with Crippen LogP contribution in [0.15, 0.2) is 68.6 Å². The monoisotopic (exact) mass is 403 g/mol. The van der Waals surface area contributed by atoms with Crippen molar-refractivity contribution in [2.45, 2.75) is 27.5 Å². The van der Waals surface area contributed by atoms with E-state index in [4.69, 9.17) is 10.5 Å². The molecular weight excluding hydrogens is 382 g/mol. The SMILES string of the molecule is CCOc1ccccc1-c1cc(SC)cc([S+]([O-])c2ccc(CN)s2)c1. The van der Waals surface area contributed by atoms with Gasteiger partial charge in [0.25, 0.3) is 0 Å². The lowest BCUT2D eigenvalue weighted by molar-refractivity contribution is 0.341. The molecule has 2 N–H and O–H groups in total. The summed E-state index contributed by atoms with van der Waals surface area (Å²) in [7, 11) is 0. The molecule has 3 rings (SSSR count). The molecule has 0 saturated heterocycles. The topological polar surface area (TPSA) is 58.3 Å². The number of thiophene rings is 1. The van der Waals surface area contributed by atoms with Crippen molar-refractivity contribution in [3.63, 3.8) is 0 Å². The maximum absolute atomic E-state index is 13.1. The van der Waals surface area contributed by atoms with Crippen LogP contribution >= 0.6 is 23.1 Å². The molecule has 0 bridgehead atoms. The summed E-state index contributed by atoms with van der Waals surface area (Å²) in [5.74, 6) is 0.839. The highest BCUT2D eigenvalue weighted by Crippen LogP contribution is 2.36. The third-order valence-corrected chi connectivity index (χ3v) is 7.33. The molecule has 136 valence electrons. The summed E-state index contributed by atoms with van der Waals surface area (Å²) >= 11 is 1.92. The zero-order valence-corrected chi connectivity index (χ0v) is 17.2. The van der Waals surface area contributed by atoms with Gasteiger partial charge in [-0.2, -0.15) is 0 Å². The van der Waals surface area contributed by atoms with E-state index in [1.807, 2.05) is 61.7 Å². The zero-order chi connectivity index (χ0) is 18.5. The Hall–Kier alpha value is -1.44. The highest BCUT2D eigenvalue weighted by atomic mass is 32.2. The molecule has 1 aromatic heterocycles. The fraction of sp³-hybridized carbons (Fsp3) is 0.200. The van der Waals surface area contributed by atoms with Crippen molar-refractivity contribution >= 4 is 34.3 Å². The number of rotatable bonds is 7. The Balaban J connectivity index is 2.04. The van der Waals surface area contributed by atoms with E-state index in [-0.39, 0.29) is 0 Å². The smallest absolute Gasteiger partial charge is 0.212 e. The molecule has 0 fully saturated rings. The van der Waals surface area contributed by atoms with Crippen LogP contribution in [-0.4, -0.2) is 17.4 Å². The second-order valence-corrected chi connectivity index (χ2v) is 9.28. The van der Waals surface area contributed by atoms with E-state index >= 15 is 0 Å². The van der Waals surface area contributed by atoms with Crippen molar-refractivity contribution in [3.8, 4) is 16.9 Å². The van der Waals surface area contributed by atoms with Gasteiger partial charge in [-0.3, -0.25) is 0 Å². The molecule has 1 heterocycles. The first-order valence-electron chi connectivity index (χ1n) is 8.28. The average Bonchev–Trinajstić information content (AvgIpc) is 3.17. The van der Waals surface area contributed by atoms with Gasteiger partial charge in [0.2, 0.25) is 4.21 Å². The van der Waals surface area contributed by atoms with Crippen LogP contribution < -0.4 is 10.5 Å². The molecular formula is C20H21NO2S3. The lowest BCUT2D eigenvalue weighted by atomic mass is 10.0. The summed E-state index contributed by atoms with van der Waals surface area (Å²) in [4.78, 5) is 2.91. The predicted molar refractivity (Wildman–Crippen MR) is 112 cm³/mol. The van der Waals surface area contributed by atoms with E-state index in [2.05, 4.69) is 6.07 Å². The molecule has 3 nitrogen and oxygen atoms in total. The molecule has 0 amide bonds. The largest absolute Gasteiger partial charge is 0.606 e. The van der Waals surface area contributed by atoms with Gasteiger partial charge in [-0.1, -0.05) is 29.5 Å². The first-order chi connectivity index (χ1) is 12.7. The van der Waals surface area contributed by atoms with E-state index in [1.165, 1.54) is 11.3 Å². The molecule has 0 spiro atoms. The van der Waals surface area contributed by atoms with E-state index in [9.17, 15) is 4.55 Å². The van der Waals surface area contributed by atoms with Crippen LogP contribution in [0.3, 0.4) is 0 Å². The molecule has 0 aliphatic carbocycles. The predicted octanol–water partition coefficient (Wildman–Crippen LogP) is 5.16. The van der Waals surface area contributed by atoms with Crippen molar-refractivity contribution in [2.24, 2.45) is 5.73 Å². The van der Waals surface area contributed by atoms with Crippen LogP contribution in [0.2, 0.25) is 0 Å². The third-order valence-electron chi connectivity index (χ3n) is 3.85. The van der Waals surface area contributed by atoms with Crippen LogP contribution in [0.4, 0.5) is 0 Å². The molecule has 2 aromatic carbocycles. The highest BCUT2D eigenvalue weighted by molar-refractivity contribution is 7.98. The summed E-state index contributed by atoms with van der Waals surface area (Å²) in [6.07, 6.45) is 2.03. The highest BCUT2D eigenvalue weighted by Gasteiger charge is 2.20. The average molecular weight is 404 g/mol. The molecule has 1 atom stereocenters. The van der Waals surface area contributed by atoms with E-state index in [1.54, 1.807) is 11.8 Å². The van der Waals surface area contributed by atoms with E-state index in [0.717, 1.165) is 35.8 Å². The Labute approximate surface area is 165 Å². The molecule has 6 heteroatoms. The summed E-state index contributed by atoms with van der Waals surface area (Å²) in [5, 5.41) is 0. The number of benzene rings is 2. The normalized spacial score (nSPS) is 12.2. The van der Waals surface area contributed by atoms with Crippen LogP contribution in [-0.2, 0) is 17.7 Å². The Kier molecular flexibility index (Phi) is 6.67. The molecule has 1 unspecified atom stereocenters. The lowest BCUT2D eigenvalue weighted by Crippen LogP contribution is -2.01. The zero-order valence-electron chi connectivity index (χ0n) is 14.7. The third kappa shape index (κ3) is 4.27. The summed E-state index contributed by atoms with van der Waals surface area (Å²) < 4.78 is 19.7. The molecule has 0 aliphatic heterocycles. The summed E-state index contributed by atoms with van der Waals surface area (Å²) in [6.45, 7) is 3.05. The molecule has 0 saturated carbocycles. The Morgan fingerprint density at radius 1 is 1.15 bits per heavy atom. The maximum atomic E-state index is 13.1. The Morgan fingerprint density at radius 3 is 2.65 bits per heavy atom. The maximum Gasteiger partial charge on any atom is 0.212 e. The fourth-order valence-electron chi connectivity index (χ4n) is 2.62. The van der Waals surface area contributed by atoms with Crippen LogP contribution in [0.1, 0.15) is 11.8 Å². The van der Waals surface area contributed by atoms with E-state index < -0.39 is 11.2 Å². The van der Waals surface area contributed by atoms with Crippen LogP contribution in [0.5, 0.6) is 5.75 Å². The minimum Gasteiger partial charge on any atom is -0.606 e. The van der Waals surface area contributed by atoms with Crippen molar-refractivity contribution in [1.29, 1.82) is 0 Å². The summed E-state index contributed by atoms with van der Waals surface area (Å²) in [6, 6.07) is 17.9. The number of hydrogen-bond donors (Lipinski definition) is 1. The first-order valence-corrected chi connectivity index (χ1v) is 11.5. The van der Waals surface area contributed by atoms with Crippen molar-refractivity contribution < 1.29 is 9.29 Å².